The van der Waals surface area contributed by atoms with Gasteiger partial charge < -0.3 is 16.4 Å². The number of pyridine rings is 1. The van der Waals surface area contributed by atoms with Crippen molar-refractivity contribution in [3.8, 4) is 0 Å². The molecule has 0 radical (unpaired) electrons. The first kappa shape index (κ1) is 14.2. The van der Waals surface area contributed by atoms with E-state index in [1.165, 1.54) is 10.8 Å². The Bertz CT molecular complexity index is 778. The van der Waals surface area contributed by atoms with E-state index in [2.05, 4.69) is 58.1 Å². The summed E-state index contributed by atoms with van der Waals surface area (Å²) in [5.74, 6) is 0.853. The zero-order valence-electron chi connectivity index (χ0n) is 12.6. The number of fused-ring (bicyclic) bond motifs is 1. The molecule has 1 heterocycles. The Morgan fingerprint density at radius 1 is 1.00 bits per heavy atom. The first-order valence-electron chi connectivity index (χ1n) is 7.41. The van der Waals surface area contributed by atoms with Crippen molar-refractivity contribution in [2.45, 2.75) is 6.92 Å². The monoisotopic (exact) mass is 292 g/mol. The molecule has 2 aromatic carbocycles. The van der Waals surface area contributed by atoms with Crippen molar-refractivity contribution in [1.82, 2.24) is 4.98 Å². The van der Waals surface area contributed by atoms with Crippen molar-refractivity contribution in [1.29, 1.82) is 0 Å². The largest absolute Gasteiger partial charge is 0.397 e. The third-order valence-electron chi connectivity index (χ3n) is 3.69. The van der Waals surface area contributed by atoms with Crippen LogP contribution in [0.2, 0.25) is 0 Å². The molecule has 22 heavy (non-hydrogen) atoms. The molecule has 4 heteroatoms. The molecule has 0 aliphatic rings. The summed E-state index contributed by atoms with van der Waals surface area (Å²) in [5, 5.41) is 9.26. The van der Waals surface area contributed by atoms with Gasteiger partial charge in [0.05, 0.1) is 11.9 Å². The van der Waals surface area contributed by atoms with Crippen molar-refractivity contribution >= 4 is 28.0 Å². The molecule has 0 aliphatic carbocycles. The second-order valence-electron chi connectivity index (χ2n) is 5.31. The predicted molar refractivity (Wildman–Crippen MR) is 94.3 cm³/mol. The van der Waals surface area contributed by atoms with Crippen LogP contribution in [0, 0.1) is 6.92 Å². The van der Waals surface area contributed by atoms with E-state index in [0.29, 0.717) is 0 Å². The zero-order valence-corrected chi connectivity index (χ0v) is 12.6. The van der Waals surface area contributed by atoms with E-state index in [1.807, 2.05) is 13.0 Å². The van der Waals surface area contributed by atoms with Gasteiger partial charge in [0.2, 0.25) is 0 Å². The van der Waals surface area contributed by atoms with Crippen LogP contribution in [-0.2, 0) is 0 Å². The minimum absolute atomic E-state index is 0.722. The average molecular weight is 292 g/mol. The maximum atomic E-state index is 5.77. The molecule has 3 rings (SSSR count). The minimum atomic E-state index is 0.722. The van der Waals surface area contributed by atoms with E-state index < -0.39 is 0 Å². The molecule has 0 aliphatic heterocycles. The van der Waals surface area contributed by atoms with Crippen molar-refractivity contribution in [3.05, 3.63) is 60.3 Å². The molecule has 112 valence electrons. The lowest BCUT2D eigenvalue weighted by atomic mass is 10.1. The molecule has 0 saturated carbocycles. The second-order valence-corrected chi connectivity index (χ2v) is 5.31. The van der Waals surface area contributed by atoms with Gasteiger partial charge in [-0.1, -0.05) is 36.4 Å². The first-order valence-corrected chi connectivity index (χ1v) is 7.41. The van der Waals surface area contributed by atoms with E-state index in [9.17, 15) is 0 Å². The summed E-state index contributed by atoms with van der Waals surface area (Å²) in [5.41, 5.74) is 8.69. The number of nitrogens with zero attached hydrogens (tertiary/aromatic N) is 1. The summed E-state index contributed by atoms with van der Waals surface area (Å²) in [6.45, 7) is 3.59. The SMILES string of the molecule is Cc1cc(NCCNc2cccc3ccccc23)ncc1N. The van der Waals surface area contributed by atoms with Crippen LogP contribution in [0.4, 0.5) is 17.2 Å². The molecule has 0 saturated heterocycles. The van der Waals surface area contributed by atoms with Gasteiger partial charge in [-0.2, -0.15) is 0 Å². The van der Waals surface area contributed by atoms with E-state index >= 15 is 0 Å². The summed E-state index contributed by atoms with van der Waals surface area (Å²) in [7, 11) is 0. The van der Waals surface area contributed by atoms with Crippen molar-refractivity contribution < 1.29 is 0 Å². The fourth-order valence-electron chi connectivity index (χ4n) is 2.43. The number of nitrogens with one attached hydrogen (secondary N) is 2. The Labute approximate surface area is 130 Å². The van der Waals surface area contributed by atoms with E-state index in [-0.39, 0.29) is 0 Å². The number of nitrogens with two attached hydrogens (primary N) is 1. The Morgan fingerprint density at radius 2 is 1.77 bits per heavy atom. The van der Waals surface area contributed by atoms with Gasteiger partial charge >= 0.3 is 0 Å². The number of anilines is 3. The number of nitrogen functional groups attached to an aromatic ring is 1. The lowest BCUT2D eigenvalue weighted by molar-refractivity contribution is 1.06. The molecule has 1 aromatic heterocycles. The summed E-state index contributed by atoms with van der Waals surface area (Å²) >= 11 is 0. The topological polar surface area (TPSA) is 63.0 Å². The number of hydrogen-bond donors (Lipinski definition) is 3. The van der Waals surface area contributed by atoms with E-state index in [4.69, 9.17) is 5.73 Å². The van der Waals surface area contributed by atoms with Crippen LogP contribution >= 0.6 is 0 Å². The van der Waals surface area contributed by atoms with Gasteiger partial charge in [-0.15, -0.1) is 0 Å². The van der Waals surface area contributed by atoms with Crippen LogP contribution in [0.1, 0.15) is 5.56 Å². The molecule has 0 unspecified atom stereocenters. The molecule has 0 fully saturated rings. The van der Waals surface area contributed by atoms with Crippen LogP contribution in [-0.4, -0.2) is 18.1 Å². The third kappa shape index (κ3) is 3.11. The molecule has 4 nitrogen and oxygen atoms in total. The minimum Gasteiger partial charge on any atom is -0.397 e. The number of aryl methyl sites for hydroxylation is 1. The van der Waals surface area contributed by atoms with Gasteiger partial charge in [0.1, 0.15) is 5.82 Å². The maximum absolute atomic E-state index is 5.77. The standard InChI is InChI=1S/C18H20N4/c1-13-11-18(22-12-16(13)19)21-10-9-20-17-8-4-6-14-5-2-3-7-15(14)17/h2-8,11-12,20H,9-10,19H2,1H3,(H,21,22). The van der Waals surface area contributed by atoms with Crippen LogP contribution in [0.3, 0.4) is 0 Å². The molecule has 0 spiro atoms. The molecule has 0 atom stereocenters. The highest BCUT2D eigenvalue weighted by Gasteiger charge is 2.00. The normalized spacial score (nSPS) is 10.6. The van der Waals surface area contributed by atoms with Crippen LogP contribution < -0.4 is 16.4 Å². The van der Waals surface area contributed by atoms with Gasteiger partial charge in [-0.3, -0.25) is 0 Å². The van der Waals surface area contributed by atoms with Crippen LogP contribution in [0.5, 0.6) is 0 Å². The van der Waals surface area contributed by atoms with Crippen molar-refractivity contribution in [2.75, 3.05) is 29.5 Å². The molecular weight excluding hydrogens is 272 g/mol. The van der Waals surface area contributed by atoms with Crippen LogP contribution in [0.15, 0.2) is 54.7 Å². The number of hydrogen-bond acceptors (Lipinski definition) is 4. The smallest absolute Gasteiger partial charge is 0.126 e. The summed E-state index contributed by atoms with van der Waals surface area (Å²) in [4.78, 5) is 4.27. The summed E-state index contributed by atoms with van der Waals surface area (Å²) < 4.78 is 0. The van der Waals surface area contributed by atoms with Crippen molar-refractivity contribution in [3.63, 3.8) is 0 Å². The van der Waals surface area contributed by atoms with Gasteiger partial charge in [0, 0.05) is 24.2 Å². The average Bonchev–Trinajstić information content (AvgIpc) is 2.55. The Morgan fingerprint density at radius 3 is 2.64 bits per heavy atom. The molecule has 4 N–H and O–H groups in total. The van der Waals surface area contributed by atoms with E-state index in [1.54, 1.807) is 6.20 Å². The number of rotatable bonds is 5. The fourth-order valence-corrected chi connectivity index (χ4v) is 2.43. The number of aromatic nitrogens is 1. The highest BCUT2D eigenvalue weighted by atomic mass is 15.0. The van der Waals surface area contributed by atoms with Gasteiger partial charge in [-0.25, -0.2) is 4.98 Å². The molecule has 0 bridgehead atoms. The Kier molecular flexibility index (Phi) is 4.10. The predicted octanol–water partition coefficient (Wildman–Crippen LogP) is 3.65. The maximum Gasteiger partial charge on any atom is 0.126 e. The fraction of sp³-hybridized carbons (Fsp3) is 0.167. The van der Waals surface area contributed by atoms with Gasteiger partial charge in [0.25, 0.3) is 0 Å². The third-order valence-corrected chi connectivity index (χ3v) is 3.69. The second kappa shape index (κ2) is 6.35. The molecule has 0 amide bonds. The Balaban J connectivity index is 1.59. The highest BCUT2D eigenvalue weighted by molar-refractivity contribution is 5.93. The molecular formula is C18H20N4. The Hall–Kier alpha value is -2.75. The lowest BCUT2D eigenvalue weighted by Gasteiger charge is -2.11. The zero-order chi connectivity index (χ0) is 15.4. The van der Waals surface area contributed by atoms with E-state index in [0.717, 1.165) is 35.8 Å². The van der Waals surface area contributed by atoms with Gasteiger partial charge in [0.15, 0.2) is 0 Å². The van der Waals surface area contributed by atoms with Crippen molar-refractivity contribution in [2.24, 2.45) is 0 Å². The van der Waals surface area contributed by atoms with Crippen LogP contribution in [0.25, 0.3) is 10.8 Å². The van der Waals surface area contributed by atoms with Gasteiger partial charge in [-0.05, 0) is 30.0 Å². The number of benzene rings is 2. The summed E-state index contributed by atoms with van der Waals surface area (Å²) in [6.07, 6.45) is 1.69. The quantitative estimate of drug-likeness (QED) is 0.628. The highest BCUT2D eigenvalue weighted by Crippen LogP contribution is 2.22. The lowest BCUT2D eigenvalue weighted by Crippen LogP contribution is -2.14. The first-order chi connectivity index (χ1) is 10.7. The molecule has 3 aromatic rings. The summed E-state index contributed by atoms with van der Waals surface area (Å²) in [6, 6.07) is 16.6.